The summed E-state index contributed by atoms with van der Waals surface area (Å²) in [6.07, 6.45) is 2.17. The molecular formula is C20H28N4O2. The summed E-state index contributed by atoms with van der Waals surface area (Å²) in [7, 11) is 0. The number of nitrogens with zero attached hydrogens (tertiary/aromatic N) is 4. The molecule has 6 heteroatoms. The molecular weight excluding hydrogens is 328 g/mol. The first-order valence-electron chi connectivity index (χ1n) is 9.75. The van der Waals surface area contributed by atoms with Crippen molar-refractivity contribution in [2.45, 2.75) is 32.7 Å². The lowest BCUT2D eigenvalue weighted by Crippen LogP contribution is -2.54. The minimum Gasteiger partial charge on any atom is -0.423 e. The van der Waals surface area contributed by atoms with E-state index >= 15 is 0 Å². The molecule has 0 saturated carbocycles. The van der Waals surface area contributed by atoms with Crippen LogP contribution in [0.5, 0.6) is 0 Å². The molecule has 140 valence electrons. The van der Waals surface area contributed by atoms with Gasteiger partial charge in [-0.05, 0) is 25.0 Å². The lowest BCUT2D eigenvalue weighted by Gasteiger charge is -2.42. The molecule has 3 heterocycles. The van der Waals surface area contributed by atoms with Crippen molar-refractivity contribution in [3.63, 3.8) is 0 Å². The Hall–Kier alpha value is -2.08. The normalized spacial score (nSPS) is 20.3. The molecule has 2 aliphatic heterocycles. The van der Waals surface area contributed by atoms with Crippen LogP contribution in [0.3, 0.4) is 0 Å². The molecule has 2 aromatic rings. The molecule has 0 bridgehead atoms. The monoisotopic (exact) mass is 356 g/mol. The van der Waals surface area contributed by atoms with Crippen molar-refractivity contribution < 1.29 is 9.21 Å². The van der Waals surface area contributed by atoms with E-state index in [9.17, 15) is 4.79 Å². The first-order valence-corrected chi connectivity index (χ1v) is 9.75. The molecule has 2 fully saturated rings. The second-order valence-corrected chi connectivity index (χ2v) is 7.70. The summed E-state index contributed by atoms with van der Waals surface area (Å²) in [5, 5.41) is 0. The van der Waals surface area contributed by atoms with Gasteiger partial charge in [-0.25, -0.2) is 0 Å². The Morgan fingerprint density at radius 2 is 1.77 bits per heavy atom. The van der Waals surface area contributed by atoms with Crippen LogP contribution in [-0.2, 0) is 4.79 Å². The quantitative estimate of drug-likeness (QED) is 0.846. The Labute approximate surface area is 154 Å². The number of carbonyl (C=O) groups is 1. The average Bonchev–Trinajstić information content (AvgIpc) is 3.12. The molecule has 1 aromatic heterocycles. The van der Waals surface area contributed by atoms with Crippen molar-refractivity contribution in [1.29, 1.82) is 0 Å². The van der Waals surface area contributed by atoms with Crippen molar-refractivity contribution in [2.75, 3.05) is 44.2 Å². The van der Waals surface area contributed by atoms with Crippen molar-refractivity contribution in [2.24, 2.45) is 5.92 Å². The van der Waals surface area contributed by atoms with E-state index in [1.807, 2.05) is 43.0 Å². The number of rotatable bonds is 3. The van der Waals surface area contributed by atoms with Gasteiger partial charge in [0, 0.05) is 51.2 Å². The number of hydrogen-bond acceptors (Lipinski definition) is 5. The summed E-state index contributed by atoms with van der Waals surface area (Å²) < 4.78 is 5.90. The van der Waals surface area contributed by atoms with Crippen LogP contribution in [0.1, 0.15) is 26.7 Å². The maximum Gasteiger partial charge on any atom is 0.298 e. The number of aromatic nitrogens is 1. The molecule has 4 rings (SSSR count). The Kier molecular flexibility index (Phi) is 4.85. The minimum atomic E-state index is 0.103. The van der Waals surface area contributed by atoms with Gasteiger partial charge in [0.1, 0.15) is 5.52 Å². The maximum absolute atomic E-state index is 12.1. The van der Waals surface area contributed by atoms with Gasteiger partial charge in [0.05, 0.1) is 0 Å². The maximum atomic E-state index is 12.1. The number of likely N-dealkylation sites (tertiary alicyclic amines) is 1. The van der Waals surface area contributed by atoms with Crippen LogP contribution in [0.15, 0.2) is 28.7 Å². The number of hydrogen-bond donors (Lipinski definition) is 0. The topological polar surface area (TPSA) is 52.8 Å². The molecule has 0 unspecified atom stereocenters. The highest BCUT2D eigenvalue weighted by Crippen LogP contribution is 2.24. The number of piperazine rings is 1. The average molecular weight is 356 g/mol. The highest BCUT2D eigenvalue weighted by Gasteiger charge is 2.30. The molecule has 2 saturated heterocycles. The van der Waals surface area contributed by atoms with Gasteiger partial charge >= 0.3 is 0 Å². The van der Waals surface area contributed by atoms with Gasteiger partial charge in [-0.2, -0.15) is 4.98 Å². The SMILES string of the molecule is CC(C)C(=O)N1CCC(N2CCN(c3nc4ccccc4o3)CC2)CC1. The molecule has 0 N–H and O–H groups in total. The van der Waals surface area contributed by atoms with Gasteiger partial charge in [-0.3, -0.25) is 9.69 Å². The van der Waals surface area contributed by atoms with Gasteiger partial charge in [-0.15, -0.1) is 0 Å². The van der Waals surface area contributed by atoms with Crippen LogP contribution < -0.4 is 4.90 Å². The van der Waals surface area contributed by atoms with Gasteiger partial charge < -0.3 is 14.2 Å². The van der Waals surface area contributed by atoms with Crippen LogP contribution in [-0.4, -0.2) is 66.0 Å². The Balaban J connectivity index is 1.31. The van der Waals surface area contributed by atoms with E-state index in [-0.39, 0.29) is 5.92 Å². The number of para-hydroxylation sites is 2. The van der Waals surface area contributed by atoms with E-state index in [2.05, 4.69) is 14.8 Å². The first kappa shape index (κ1) is 17.3. The number of piperidine rings is 1. The summed E-state index contributed by atoms with van der Waals surface area (Å²) in [5.41, 5.74) is 1.78. The van der Waals surface area contributed by atoms with Crippen LogP contribution in [0.2, 0.25) is 0 Å². The molecule has 6 nitrogen and oxygen atoms in total. The summed E-state index contributed by atoms with van der Waals surface area (Å²) in [6, 6.07) is 9.26. The van der Waals surface area contributed by atoms with Crippen LogP contribution in [0.4, 0.5) is 6.01 Å². The van der Waals surface area contributed by atoms with Crippen molar-refractivity contribution in [1.82, 2.24) is 14.8 Å². The van der Waals surface area contributed by atoms with Crippen LogP contribution in [0.25, 0.3) is 11.1 Å². The Bertz CT molecular complexity index is 723. The van der Waals surface area contributed by atoms with E-state index in [0.29, 0.717) is 11.9 Å². The summed E-state index contributed by atoms with van der Waals surface area (Å²) in [4.78, 5) is 23.6. The highest BCUT2D eigenvalue weighted by atomic mass is 16.4. The number of amides is 1. The largest absolute Gasteiger partial charge is 0.423 e. The van der Waals surface area contributed by atoms with Crippen LogP contribution in [0, 0.1) is 5.92 Å². The summed E-state index contributed by atoms with van der Waals surface area (Å²) >= 11 is 0. The predicted octanol–water partition coefficient (Wildman–Crippen LogP) is 2.60. The van der Waals surface area contributed by atoms with E-state index < -0.39 is 0 Å². The number of carbonyl (C=O) groups excluding carboxylic acids is 1. The minimum absolute atomic E-state index is 0.103. The fraction of sp³-hybridized carbons (Fsp3) is 0.600. The lowest BCUT2D eigenvalue weighted by molar-refractivity contribution is -0.136. The van der Waals surface area contributed by atoms with Gasteiger partial charge in [-0.1, -0.05) is 26.0 Å². The predicted molar refractivity (Wildman–Crippen MR) is 102 cm³/mol. The molecule has 2 aliphatic rings. The standard InChI is InChI=1S/C20H28N4O2/c1-15(2)19(25)23-9-7-16(8-10-23)22-11-13-24(14-12-22)20-21-17-5-3-4-6-18(17)26-20/h3-6,15-16H,7-14H2,1-2H3. The van der Waals surface area contributed by atoms with E-state index in [1.165, 1.54) is 0 Å². The highest BCUT2D eigenvalue weighted by molar-refractivity contribution is 5.78. The van der Waals surface area contributed by atoms with Crippen molar-refractivity contribution in [3.8, 4) is 0 Å². The second-order valence-electron chi connectivity index (χ2n) is 7.70. The summed E-state index contributed by atoms with van der Waals surface area (Å²) in [6.45, 7) is 9.71. The Morgan fingerprint density at radius 3 is 2.42 bits per heavy atom. The van der Waals surface area contributed by atoms with Gasteiger partial charge in [0.2, 0.25) is 5.91 Å². The number of benzene rings is 1. The Morgan fingerprint density at radius 1 is 1.08 bits per heavy atom. The molecule has 0 aliphatic carbocycles. The number of fused-ring (bicyclic) bond motifs is 1. The second kappa shape index (κ2) is 7.27. The molecule has 0 spiro atoms. The van der Waals surface area contributed by atoms with Crippen molar-refractivity contribution >= 4 is 23.0 Å². The fourth-order valence-electron chi connectivity index (χ4n) is 4.09. The fourth-order valence-corrected chi connectivity index (χ4v) is 4.09. The zero-order chi connectivity index (χ0) is 18.1. The van der Waals surface area contributed by atoms with E-state index in [1.54, 1.807) is 0 Å². The van der Waals surface area contributed by atoms with Gasteiger partial charge in [0.15, 0.2) is 5.58 Å². The third-order valence-electron chi connectivity index (χ3n) is 5.65. The molecule has 0 atom stereocenters. The number of anilines is 1. The van der Waals surface area contributed by atoms with E-state index in [0.717, 1.165) is 69.2 Å². The molecule has 1 amide bonds. The van der Waals surface area contributed by atoms with Gasteiger partial charge in [0.25, 0.3) is 6.01 Å². The van der Waals surface area contributed by atoms with E-state index in [4.69, 9.17) is 4.42 Å². The molecule has 26 heavy (non-hydrogen) atoms. The lowest BCUT2D eigenvalue weighted by atomic mass is 10.0. The van der Waals surface area contributed by atoms with Crippen molar-refractivity contribution in [3.05, 3.63) is 24.3 Å². The third kappa shape index (κ3) is 3.43. The zero-order valence-corrected chi connectivity index (χ0v) is 15.7. The number of oxazole rings is 1. The van der Waals surface area contributed by atoms with Crippen LogP contribution >= 0.6 is 0 Å². The first-order chi connectivity index (χ1) is 12.6. The zero-order valence-electron chi connectivity index (χ0n) is 15.7. The molecule has 0 radical (unpaired) electrons. The summed E-state index contributed by atoms with van der Waals surface area (Å²) in [5.74, 6) is 0.399. The smallest absolute Gasteiger partial charge is 0.298 e. The third-order valence-corrected chi connectivity index (χ3v) is 5.65. The molecule has 1 aromatic carbocycles.